The summed E-state index contributed by atoms with van der Waals surface area (Å²) in [7, 11) is 0. The molecule has 4 aromatic heterocycles. The van der Waals surface area contributed by atoms with Crippen molar-refractivity contribution in [1.29, 1.82) is 0 Å². The number of aryl methyl sites for hydroxylation is 4. The second-order valence-electron chi connectivity index (χ2n) is 21.2. The van der Waals surface area contributed by atoms with Crippen LogP contribution in [0.25, 0.3) is 84.9 Å². The molecule has 0 fully saturated rings. The summed E-state index contributed by atoms with van der Waals surface area (Å²) in [6.45, 7) is 10.4. The zero-order valence-electron chi connectivity index (χ0n) is 45.3. The van der Waals surface area contributed by atoms with Gasteiger partial charge in [0.25, 0.3) is 0 Å². The van der Waals surface area contributed by atoms with E-state index in [2.05, 4.69) is 13.8 Å². The summed E-state index contributed by atoms with van der Waals surface area (Å²) in [6.07, 6.45) is 6.78. The second-order valence-corrected chi connectivity index (χ2v) is 26.2. The number of halogens is 12. The molecule has 0 N–H and O–H groups in total. The van der Waals surface area contributed by atoms with Crippen LogP contribution in [0.5, 0.6) is 11.5 Å². The number of rotatable bonds is 18. The Morgan fingerprint density at radius 3 is 0.988 bits per heavy atom. The third kappa shape index (κ3) is 8.82. The number of hydrogen-bond donors (Lipinski definition) is 0. The van der Waals surface area contributed by atoms with Crippen LogP contribution in [-0.2, 0) is 0 Å². The maximum Gasteiger partial charge on any atom is 0.380 e. The Hall–Kier alpha value is -5.82. The molecule has 0 saturated heterocycles. The molecule has 2 aliphatic rings. The fourth-order valence-electron chi connectivity index (χ4n) is 11.8. The molecule has 0 saturated carbocycles. The molecule has 0 aliphatic heterocycles. The van der Waals surface area contributed by atoms with Crippen molar-refractivity contribution in [2.45, 2.75) is 128 Å². The van der Waals surface area contributed by atoms with Crippen LogP contribution < -0.4 is 9.47 Å². The molecule has 0 atom stereocenters. The number of benzene rings is 5. The van der Waals surface area contributed by atoms with Gasteiger partial charge in [-0.2, -0.15) is 52.7 Å². The predicted molar refractivity (Wildman–Crippen MR) is 313 cm³/mol. The Morgan fingerprint density at radius 1 is 0.354 bits per heavy atom. The maximum atomic E-state index is 16.5. The third-order valence-electron chi connectivity index (χ3n) is 15.8. The van der Waals surface area contributed by atoms with Gasteiger partial charge in [0, 0.05) is 116 Å². The Kier molecular flexibility index (Phi) is 14.9. The lowest BCUT2D eigenvalue weighted by Gasteiger charge is -2.26. The van der Waals surface area contributed by atoms with Crippen molar-refractivity contribution in [3.63, 3.8) is 0 Å². The van der Waals surface area contributed by atoms with Crippen molar-refractivity contribution in [2.24, 2.45) is 0 Å². The normalized spacial score (nSPS) is 17.9. The zero-order valence-corrected chi connectivity index (χ0v) is 48.6. The Morgan fingerprint density at radius 2 is 0.659 bits per heavy atom. The third-order valence-corrected chi connectivity index (χ3v) is 20.1. The second kappa shape index (κ2) is 21.1. The molecule has 2 aliphatic carbocycles. The monoisotopic (exact) mass is 1210 g/mol. The van der Waals surface area contributed by atoms with Gasteiger partial charge in [-0.15, -0.1) is 45.3 Å². The Bertz CT molecular complexity index is 3800. The highest BCUT2D eigenvalue weighted by molar-refractivity contribution is 7.20. The molecule has 5 aromatic carbocycles. The van der Waals surface area contributed by atoms with Crippen molar-refractivity contribution in [3.8, 4) is 33.8 Å². The van der Waals surface area contributed by atoms with Crippen LogP contribution in [0, 0.1) is 27.7 Å². The van der Waals surface area contributed by atoms with Gasteiger partial charge in [0.2, 0.25) is 0 Å². The van der Waals surface area contributed by atoms with Gasteiger partial charge < -0.3 is 9.47 Å². The van der Waals surface area contributed by atoms with E-state index in [0.29, 0.717) is 65.4 Å². The SMILES string of the molecule is CCCCCCOc1cc(-c2ccc3c(C4=C(c5c(C)sc6ccccc56)C(F)(F)C(F)(F)C4(F)F)c(C)sc3c2)c(OCCCCCC)cc1-c1ccc2c(C3=C(c4c(C)sc5ccccc45)C(F)(F)C(F)(F)C3(F)F)c(C)sc2c1. The summed E-state index contributed by atoms with van der Waals surface area (Å²) in [5, 5.41) is 0.456. The number of fused-ring (bicyclic) bond motifs is 4. The Labute approximate surface area is 481 Å². The predicted octanol–water partition coefficient (Wildman–Crippen LogP) is 22.7. The van der Waals surface area contributed by atoms with E-state index in [1.54, 1.807) is 60.7 Å². The maximum absolute atomic E-state index is 16.5. The Balaban J connectivity index is 1.07. The number of thiophene rings is 4. The highest BCUT2D eigenvalue weighted by atomic mass is 32.1. The smallest absolute Gasteiger partial charge is 0.380 e. The van der Waals surface area contributed by atoms with Gasteiger partial charge in [-0.3, -0.25) is 0 Å². The van der Waals surface area contributed by atoms with Gasteiger partial charge >= 0.3 is 35.5 Å². The minimum absolute atomic E-state index is 0.0681. The fraction of sp³-hybridized carbons (Fsp3) is 0.344. The lowest BCUT2D eigenvalue weighted by molar-refractivity contribution is -0.254. The quantitative estimate of drug-likeness (QED) is 0.0630. The molecule has 4 heterocycles. The summed E-state index contributed by atoms with van der Waals surface area (Å²) < 4.78 is 209. The van der Waals surface area contributed by atoms with Crippen molar-refractivity contribution in [3.05, 3.63) is 139 Å². The van der Waals surface area contributed by atoms with Crippen LogP contribution in [0.15, 0.2) is 97.1 Å². The van der Waals surface area contributed by atoms with Gasteiger partial charge in [0.15, 0.2) is 0 Å². The summed E-state index contributed by atoms with van der Waals surface area (Å²) in [5.41, 5.74) is -5.21. The number of alkyl halides is 12. The summed E-state index contributed by atoms with van der Waals surface area (Å²) in [4.78, 5) is 0.605. The van der Waals surface area contributed by atoms with Crippen molar-refractivity contribution in [2.75, 3.05) is 13.2 Å². The molecule has 2 nitrogen and oxygen atoms in total. The van der Waals surface area contributed by atoms with E-state index in [1.807, 2.05) is 0 Å². The average Bonchev–Trinajstić information content (AvgIpc) is 1.64. The number of allylic oxidation sites excluding steroid dienone is 4. The summed E-state index contributed by atoms with van der Waals surface area (Å²) in [6, 6.07) is 25.5. The molecule has 0 bridgehead atoms. The van der Waals surface area contributed by atoms with Gasteiger partial charge in [0.05, 0.1) is 13.2 Å². The lowest BCUT2D eigenvalue weighted by atomic mass is 9.90. The molecule has 430 valence electrons. The van der Waals surface area contributed by atoms with Crippen LogP contribution in [-0.4, -0.2) is 48.7 Å². The van der Waals surface area contributed by atoms with E-state index in [0.717, 1.165) is 83.9 Å². The van der Waals surface area contributed by atoms with E-state index in [-0.39, 0.29) is 65.4 Å². The highest BCUT2D eigenvalue weighted by Crippen LogP contribution is 2.69. The van der Waals surface area contributed by atoms with Gasteiger partial charge in [0.1, 0.15) is 11.5 Å². The van der Waals surface area contributed by atoms with Crippen LogP contribution in [0.3, 0.4) is 0 Å². The van der Waals surface area contributed by atoms with Crippen LogP contribution in [0.4, 0.5) is 52.7 Å². The molecule has 9 aromatic rings. The molecule has 0 spiro atoms. The molecule has 0 unspecified atom stereocenters. The van der Waals surface area contributed by atoms with E-state index >= 15 is 52.7 Å². The molecule has 82 heavy (non-hydrogen) atoms. The van der Waals surface area contributed by atoms with Crippen molar-refractivity contribution in [1.82, 2.24) is 0 Å². The highest BCUT2D eigenvalue weighted by Gasteiger charge is 2.82. The fourth-order valence-corrected chi connectivity index (χ4v) is 16.2. The molecule has 0 amide bonds. The number of ether oxygens (including phenoxy) is 2. The van der Waals surface area contributed by atoms with Crippen LogP contribution in [0.2, 0.25) is 0 Å². The average molecular weight is 1210 g/mol. The lowest BCUT2D eigenvalue weighted by Crippen LogP contribution is -2.48. The molecule has 18 heteroatoms. The van der Waals surface area contributed by atoms with Crippen molar-refractivity contribution >= 4 is 108 Å². The number of unbranched alkanes of at least 4 members (excludes halogenated alkanes) is 6. The first kappa shape index (κ1) is 58.0. The van der Waals surface area contributed by atoms with E-state index in [1.165, 1.54) is 64.1 Å². The first-order valence-corrected chi connectivity index (χ1v) is 30.4. The zero-order chi connectivity index (χ0) is 58.6. The van der Waals surface area contributed by atoms with Crippen molar-refractivity contribution < 1.29 is 62.2 Å². The van der Waals surface area contributed by atoms with Crippen LogP contribution in [0.1, 0.15) is 107 Å². The molecule has 0 radical (unpaired) electrons. The topological polar surface area (TPSA) is 18.5 Å². The minimum atomic E-state index is -5.77. The number of hydrogen-bond acceptors (Lipinski definition) is 6. The van der Waals surface area contributed by atoms with Gasteiger partial charge in [-0.05, 0) is 88.1 Å². The minimum Gasteiger partial charge on any atom is -0.493 e. The largest absolute Gasteiger partial charge is 0.493 e. The van der Waals surface area contributed by atoms with Crippen LogP contribution >= 0.6 is 45.3 Å². The first-order chi connectivity index (χ1) is 38.8. The standard InChI is InChI=1S/C64H54F12O2S4/c1-7-9-11-17-27-77-45-31-44(38-24-26-42-50(30-38)82-36(6)54(42)58-56(60(67,68)64(75,76)62(58,71)72)52-34(4)80-48-22-16-14-20-40(48)52)46(78-28-18-12-10-8-2)32-43(45)37-23-25-41-49(29-37)81-35(5)53(41)57-55(59(65,66)63(73,74)61(57,69)70)51-33(3)79-47-21-15-13-19-39(47)51/h13-16,19-26,29-32H,7-12,17-18,27-28H2,1-6H3. The summed E-state index contributed by atoms with van der Waals surface area (Å²) in [5.74, 6) is -31.9. The molecule has 11 rings (SSSR count). The van der Waals surface area contributed by atoms with E-state index in [4.69, 9.17) is 9.47 Å². The van der Waals surface area contributed by atoms with E-state index in [9.17, 15) is 0 Å². The van der Waals surface area contributed by atoms with E-state index < -0.39 is 69.0 Å². The van der Waals surface area contributed by atoms with Gasteiger partial charge in [-0.1, -0.05) is 113 Å². The molecular formula is C64H54F12O2S4. The first-order valence-electron chi connectivity index (χ1n) is 27.1. The molecular weight excluding hydrogens is 1160 g/mol. The summed E-state index contributed by atoms with van der Waals surface area (Å²) >= 11 is 4.09. The van der Waals surface area contributed by atoms with Gasteiger partial charge in [-0.25, -0.2) is 0 Å².